The Balaban J connectivity index is 1.66. The molecule has 0 unspecified atom stereocenters. The molecule has 1 fully saturated rings. The highest BCUT2D eigenvalue weighted by Gasteiger charge is 2.18. The summed E-state index contributed by atoms with van der Waals surface area (Å²) in [6, 6.07) is 19.6. The second kappa shape index (κ2) is 7.76. The molecule has 1 aliphatic heterocycles. The van der Waals surface area contributed by atoms with Crippen LogP contribution in [0.25, 0.3) is 11.1 Å². The number of benzene rings is 2. The van der Waals surface area contributed by atoms with Crippen LogP contribution in [0.1, 0.15) is 19.4 Å². The van der Waals surface area contributed by atoms with Gasteiger partial charge >= 0.3 is 0 Å². The molecule has 0 N–H and O–H groups in total. The Kier molecular flexibility index (Phi) is 5.47. The SMILES string of the molecule is CC(C)CN1CCN(Cc2ccccc2-c2ccccc2)CC1. The fourth-order valence-corrected chi connectivity index (χ4v) is 3.44. The van der Waals surface area contributed by atoms with Gasteiger partial charge < -0.3 is 4.90 Å². The van der Waals surface area contributed by atoms with Gasteiger partial charge in [0, 0.05) is 39.3 Å². The Labute approximate surface area is 140 Å². The summed E-state index contributed by atoms with van der Waals surface area (Å²) >= 11 is 0. The first-order valence-corrected chi connectivity index (χ1v) is 8.80. The van der Waals surface area contributed by atoms with E-state index in [9.17, 15) is 0 Å². The summed E-state index contributed by atoms with van der Waals surface area (Å²) in [4.78, 5) is 5.20. The van der Waals surface area contributed by atoms with Crippen LogP contribution in [0, 0.1) is 5.92 Å². The topological polar surface area (TPSA) is 6.48 Å². The highest BCUT2D eigenvalue weighted by Crippen LogP contribution is 2.24. The minimum atomic E-state index is 0.764. The summed E-state index contributed by atoms with van der Waals surface area (Å²) < 4.78 is 0. The van der Waals surface area contributed by atoms with E-state index in [2.05, 4.69) is 78.2 Å². The molecule has 2 aromatic rings. The molecule has 1 aliphatic rings. The number of hydrogen-bond donors (Lipinski definition) is 0. The average Bonchev–Trinajstić information content (AvgIpc) is 2.57. The summed E-state index contributed by atoms with van der Waals surface area (Å²) in [6.45, 7) is 11.7. The van der Waals surface area contributed by atoms with Crippen molar-refractivity contribution < 1.29 is 0 Å². The van der Waals surface area contributed by atoms with Gasteiger partial charge in [-0.2, -0.15) is 0 Å². The van der Waals surface area contributed by atoms with Crippen LogP contribution in [0.5, 0.6) is 0 Å². The molecule has 0 aromatic heterocycles. The molecule has 3 rings (SSSR count). The van der Waals surface area contributed by atoms with Crippen molar-refractivity contribution in [2.75, 3.05) is 32.7 Å². The molecular formula is C21H28N2. The molecule has 0 atom stereocenters. The molecule has 0 aliphatic carbocycles. The van der Waals surface area contributed by atoms with E-state index in [1.165, 1.54) is 49.4 Å². The van der Waals surface area contributed by atoms with E-state index in [0.29, 0.717) is 0 Å². The van der Waals surface area contributed by atoms with Gasteiger partial charge in [0.2, 0.25) is 0 Å². The fraction of sp³-hybridized carbons (Fsp3) is 0.429. The van der Waals surface area contributed by atoms with Gasteiger partial charge in [0.05, 0.1) is 0 Å². The fourth-order valence-electron chi connectivity index (χ4n) is 3.44. The first kappa shape index (κ1) is 16.2. The Morgan fingerprint density at radius 3 is 2.09 bits per heavy atom. The van der Waals surface area contributed by atoms with Gasteiger partial charge in [0.15, 0.2) is 0 Å². The van der Waals surface area contributed by atoms with E-state index in [1.807, 2.05) is 0 Å². The predicted octanol–water partition coefficient (Wildman–Crippen LogP) is 4.13. The van der Waals surface area contributed by atoms with Crippen LogP contribution in [0.3, 0.4) is 0 Å². The molecule has 0 amide bonds. The van der Waals surface area contributed by atoms with Gasteiger partial charge in [-0.05, 0) is 22.6 Å². The molecular weight excluding hydrogens is 280 g/mol. The Morgan fingerprint density at radius 1 is 0.783 bits per heavy atom. The summed E-state index contributed by atoms with van der Waals surface area (Å²) in [6.07, 6.45) is 0. The van der Waals surface area contributed by atoms with Crippen LogP contribution in [-0.2, 0) is 6.54 Å². The summed E-state index contributed by atoms with van der Waals surface area (Å²) in [5.74, 6) is 0.764. The van der Waals surface area contributed by atoms with Crippen molar-refractivity contribution in [1.29, 1.82) is 0 Å². The molecule has 2 heteroatoms. The molecule has 2 aromatic carbocycles. The zero-order valence-electron chi connectivity index (χ0n) is 14.4. The molecule has 0 bridgehead atoms. The third-order valence-electron chi connectivity index (χ3n) is 4.58. The van der Waals surface area contributed by atoms with Crippen LogP contribution in [0.4, 0.5) is 0 Å². The minimum absolute atomic E-state index is 0.764. The van der Waals surface area contributed by atoms with E-state index in [1.54, 1.807) is 0 Å². The van der Waals surface area contributed by atoms with Crippen molar-refractivity contribution >= 4 is 0 Å². The second-order valence-corrected chi connectivity index (χ2v) is 6.99. The summed E-state index contributed by atoms with van der Waals surface area (Å²) in [5.41, 5.74) is 4.13. The Morgan fingerprint density at radius 2 is 1.39 bits per heavy atom. The predicted molar refractivity (Wildman–Crippen MR) is 98.4 cm³/mol. The van der Waals surface area contributed by atoms with E-state index in [-0.39, 0.29) is 0 Å². The molecule has 2 nitrogen and oxygen atoms in total. The lowest BCUT2D eigenvalue weighted by molar-refractivity contribution is 0.117. The van der Waals surface area contributed by atoms with Gasteiger partial charge in [-0.3, -0.25) is 4.90 Å². The second-order valence-electron chi connectivity index (χ2n) is 6.99. The Hall–Kier alpha value is -1.64. The first-order chi connectivity index (χ1) is 11.2. The zero-order valence-corrected chi connectivity index (χ0v) is 14.4. The van der Waals surface area contributed by atoms with Crippen LogP contribution < -0.4 is 0 Å². The third kappa shape index (κ3) is 4.43. The molecule has 0 saturated carbocycles. The number of piperazine rings is 1. The van der Waals surface area contributed by atoms with Gasteiger partial charge in [0.25, 0.3) is 0 Å². The van der Waals surface area contributed by atoms with Crippen LogP contribution in [-0.4, -0.2) is 42.5 Å². The first-order valence-electron chi connectivity index (χ1n) is 8.80. The van der Waals surface area contributed by atoms with Crippen LogP contribution in [0.15, 0.2) is 54.6 Å². The largest absolute Gasteiger partial charge is 0.301 e. The van der Waals surface area contributed by atoms with Crippen molar-refractivity contribution in [1.82, 2.24) is 9.80 Å². The number of hydrogen-bond acceptors (Lipinski definition) is 2. The number of nitrogens with zero attached hydrogens (tertiary/aromatic N) is 2. The molecule has 23 heavy (non-hydrogen) atoms. The maximum Gasteiger partial charge on any atom is 0.0240 e. The van der Waals surface area contributed by atoms with E-state index >= 15 is 0 Å². The van der Waals surface area contributed by atoms with Crippen molar-refractivity contribution in [2.45, 2.75) is 20.4 Å². The van der Waals surface area contributed by atoms with E-state index in [0.717, 1.165) is 12.5 Å². The lowest BCUT2D eigenvalue weighted by atomic mass is 9.99. The van der Waals surface area contributed by atoms with E-state index in [4.69, 9.17) is 0 Å². The van der Waals surface area contributed by atoms with Crippen molar-refractivity contribution in [3.63, 3.8) is 0 Å². The molecule has 122 valence electrons. The van der Waals surface area contributed by atoms with Crippen LogP contribution in [0.2, 0.25) is 0 Å². The quantitative estimate of drug-likeness (QED) is 0.819. The Bertz CT molecular complexity index is 598. The smallest absolute Gasteiger partial charge is 0.0240 e. The average molecular weight is 308 g/mol. The summed E-state index contributed by atoms with van der Waals surface area (Å²) in [5, 5.41) is 0. The van der Waals surface area contributed by atoms with Crippen molar-refractivity contribution in [3.8, 4) is 11.1 Å². The molecule has 1 heterocycles. The number of rotatable bonds is 5. The van der Waals surface area contributed by atoms with Gasteiger partial charge in [-0.1, -0.05) is 68.4 Å². The zero-order chi connectivity index (χ0) is 16.1. The molecule has 0 radical (unpaired) electrons. The normalized spacial score (nSPS) is 16.8. The standard InChI is InChI=1S/C21H28N2/c1-18(2)16-22-12-14-23(15-13-22)17-20-10-6-7-11-21(20)19-8-4-3-5-9-19/h3-11,18H,12-17H2,1-2H3. The monoisotopic (exact) mass is 308 g/mol. The lowest BCUT2D eigenvalue weighted by Crippen LogP contribution is -2.46. The maximum absolute atomic E-state index is 2.60. The molecule has 1 saturated heterocycles. The van der Waals surface area contributed by atoms with Gasteiger partial charge in [-0.25, -0.2) is 0 Å². The highest BCUT2D eigenvalue weighted by atomic mass is 15.3. The van der Waals surface area contributed by atoms with Crippen molar-refractivity contribution in [2.24, 2.45) is 5.92 Å². The minimum Gasteiger partial charge on any atom is -0.301 e. The maximum atomic E-state index is 2.60. The van der Waals surface area contributed by atoms with Crippen molar-refractivity contribution in [3.05, 3.63) is 60.2 Å². The lowest BCUT2D eigenvalue weighted by Gasteiger charge is -2.35. The van der Waals surface area contributed by atoms with E-state index < -0.39 is 0 Å². The highest BCUT2D eigenvalue weighted by molar-refractivity contribution is 5.67. The van der Waals surface area contributed by atoms with Gasteiger partial charge in [-0.15, -0.1) is 0 Å². The molecule has 0 spiro atoms. The van der Waals surface area contributed by atoms with Crippen LogP contribution >= 0.6 is 0 Å². The third-order valence-corrected chi connectivity index (χ3v) is 4.58. The van der Waals surface area contributed by atoms with Gasteiger partial charge in [0.1, 0.15) is 0 Å². The summed E-state index contributed by atoms with van der Waals surface area (Å²) in [7, 11) is 0.